The van der Waals surface area contributed by atoms with Gasteiger partial charge in [-0.1, -0.05) is 0 Å². The van der Waals surface area contributed by atoms with Gasteiger partial charge in [-0.25, -0.2) is 0 Å². The molecule has 0 radical (unpaired) electrons. The molecular formula is C10H16F3NO2. The van der Waals surface area contributed by atoms with Crippen molar-refractivity contribution in [2.45, 2.75) is 43.7 Å². The molecule has 0 unspecified atom stereocenters. The summed E-state index contributed by atoms with van der Waals surface area (Å²) in [5.74, 6) is -0.490. The van der Waals surface area contributed by atoms with E-state index >= 15 is 0 Å². The molecule has 3 nitrogen and oxygen atoms in total. The lowest BCUT2D eigenvalue weighted by Gasteiger charge is -2.35. The van der Waals surface area contributed by atoms with E-state index in [1.54, 1.807) is 0 Å². The fourth-order valence-electron chi connectivity index (χ4n) is 2.31. The standard InChI is InChI=1S/C10H16F3NO2/c11-10(12,13)7-14-8-1-3-9(4-2-8)15-5-6-16-9/h8,14H,1-7H2. The summed E-state index contributed by atoms with van der Waals surface area (Å²) in [6, 6.07) is -0.0694. The van der Waals surface area contributed by atoms with Gasteiger partial charge in [0.1, 0.15) is 0 Å². The van der Waals surface area contributed by atoms with Gasteiger partial charge in [-0.2, -0.15) is 13.2 Å². The third kappa shape index (κ3) is 3.09. The summed E-state index contributed by atoms with van der Waals surface area (Å²) >= 11 is 0. The van der Waals surface area contributed by atoms with Crippen molar-refractivity contribution in [3.8, 4) is 0 Å². The lowest BCUT2D eigenvalue weighted by Crippen LogP contribution is -2.44. The van der Waals surface area contributed by atoms with Crippen LogP contribution in [-0.2, 0) is 9.47 Å². The zero-order valence-corrected chi connectivity index (χ0v) is 8.98. The quantitative estimate of drug-likeness (QED) is 0.797. The number of halogens is 3. The van der Waals surface area contributed by atoms with Crippen molar-refractivity contribution in [2.24, 2.45) is 0 Å². The van der Waals surface area contributed by atoms with E-state index in [-0.39, 0.29) is 6.04 Å². The average molecular weight is 239 g/mol. The van der Waals surface area contributed by atoms with Gasteiger partial charge in [0.2, 0.25) is 0 Å². The summed E-state index contributed by atoms with van der Waals surface area (Å²) in [4.78, 5) is 0. The molecule has 0 aromatic carbocycles. The number of hydrogen-bond donors (Lipinski definition) is 1. The Bertz CT molecular complexity index is 229. The highest BCUT2D eigenvalue weighted by Crippen LogP contribution is 2.35. The van der Waals surface area contributed by atoms with Crippen LogP contribution in [-0.4, -0.2) is 37.8 Å². The van der Waals surface area contributed by atoms with Gasteiger partial charge in [0, 0.05) is 18.9 Å². The monoisotopic (exact) mass is 239 g/mol. The summed E-state index contributed by atoms with van der Waals surface area (Å²) in [5, 5.41) is 2.53. The van der Waals surface area contributed by atoms with Gasteiger partial charge in [-0.05, 0) is 12.8 Å². The van der Waals surface area contributed by atoms with Gasteiger partial charge in [0.25, 0.3) is 0 Å². The van der Waals surface area contributed by atoms with Crippen LogP contribution in [0.1, 0.15) is 25.7 Å². The van der Waals surface area contributed by atoms with Crippen LogP contribution in [0.25, 0.3) is 0 Å². The van der Waals surface area contributed by atoms with Crippen LogP contribution in [0.5, 0.6) is 0 Å². The number of rotatable bonds is 2. The van der Waals surface area contributed by atoms with E-state index in [9.17, 15) is 13.2 Å². The Labute approximate surface area is 92.3 Å². The summed E-state index contributed by atoms with van der Waals surface area (Å²) in [5.41, 5.74) is 0. The van der Waals surface area contributed by atoms with Crippen molar-refractivity contribution >= 4 is 0 Å². The smallest absolute Gasteiger partial charge is 0.348 e. The van der Waals surface area contributed by atoms with E-state index in [0.717, 1.165) is 0 Å². The highest BCUT2D eigenvalue weighted by molar-refractivity contribution is 4.85. The Morgan fingerprint density at radius 3 is 2.19 bits per heavy atom. The van der Waals surface area contributed by atoms with E-state index < -0.39 is 18.5 Å². The maximum Gasteiger partial charge on any atom is 0.401 e. The normalized spacial score (nSPS) is 26.4. The maximum absolute atomic E-state index is 12.0. The first-order valence-corrected chi connectivity index (χ1v) is 5.57. The first-order chi connectivity index (χ1) is 7.49. The number of nitrogens with one attached hydrogen (secondary N) is 1. The van der Waals surface area contributed by atoms with Gasteiger partial charge in [-0.3, -0.25) is 0 Å². The van der Waals surface area contributed by atoms with Gasteiger partial charge >= 0.3 is 6.18 Å². The van der Waals surface area contributed by atoms with Crippen LogP contribution in [0.4, 0.5) is 13.2 Å². The van der Waals surface area contributed by atoms with E-state index in [4.69, 9.17) is 9.47 Å². The Morgan fingerprint density at radius 1 is 1.12 bits per heavy atom. The van der Waals surface area contributed by atoms with E-state index in [2.05, 4.69) is 5.32 Å². The Hall–Kier alpha value is -0.330. The lowest BCUT2D eigenvalue weighted by molar-refractivity contribution is -0.181. The highest BCUT2D eigenvalue weighted by Gasteiger charge is 2.40. The second-order valence-electron chi connectivity index (χ2n) is 4.38. The minimum atomic E-state index is -4.13. The highest BCUT2D eigenvalue weighted by atomic mass is 19.4. The molecule has 0 bridgehead atoms. The predicted molar refractivity (Wildman–Crippen MR) is 50.9 cm³/mol. The van der Waals surface area contributed by atoms with Crippen molar-refractivity contribution in [3.63, 3.8) is 0 Å². The van der Waals surface area contributed by atoms with Crippen LogP contribution in [0, 0.1) is 0 Å². The largest absolute Gasteiger partial charge is 0.401 e. The summed E-state index contributed by atoms with van der Waals surface area (Å²) in [7, 11) is 0. The van der Waals surface area contributed by atoms with E-state index in [1.807, 2.05) is 0 Å². The molecule has 1 saturated carbocycles. The van der Waals surface area contributed by atoms with Crippen LogP contribution in [0.3, 0.4) is 0 Å². The third-order valence-corrected chi connectivity index (χ3v) is 3.15. The van der Waals surface area contributed by atoms with E-state index in [1.165, 1.54) is 0 Å². The molecule has 6 heteroatoms. The molecule has 0 aromatic heterocycles. The topological polar surface area (TPSA) is 30.5 Å². The first kappa shape index (κ1) is 12.1. The van der Waals surface area contributed by atoms with Crippen molar-refractivity contribution < 1.29 is 22.6 Å². The molecule has 0 aromatic rings. The molecule has 1 N–H and O–H groups in total. The van der Waals surface area contributed by atoms with Gasteiger partial charge in [0.15, 0.2) is 5.79 Å². The summed E-state index contributed by atoms with van der Waals surface area (Å²) in [6.07, 6.45) is -1.41. The van der Waals surface area contributed by atoms with E-state index in [0.29, 0.717) is 38.9 Å². The van der Waals surface area contributed by atoms with Gasteiger partial charge < -0.3 is 14.8 Å². The molecule has 16 heavy (non-hydrogen) atoms. The van der Waals surface area contributed by atoms with Crippen LogP contribution in [0.15, 0.2) is 0 Å². The summed E-state index contributed by atoms with van der Waals surface area (Å²) in [6.45, 7) is 0.285. The van der Waals surface area contributed by atoms with Gasteiger partial charge in [-0.15, -0.1) is 0 Å². The molecule has 94 valence electrons. The molecule has 2 fully saturated rings. The second kappa shape index (κ2) is 4.50. The SMILES string of the molecule is FC(F)(F)CNC1CCC2(CC1)OCCO2. The van der Waals surface area contributed by atoms with Crippen LogP contribution in [0.2, 0.25) is 0 Å². The summed E-state index contributed by atoms with van der Waals surface area (Å²) < 4.78 is 47.0. The average Bonchev–Trinajstić information content (AvgIpc) is 2.65. The minimum absolute atomic E-state index is 0.0694. The molecule has 1 spiro atoms. The molecule has 1 heterocycles. The lowest BCUT2D eigenvalue weighted by atomic mass is 9.90. The Kier molecular flexibility index (Phi) is 3.42. The fourth-order valence-corrected chi connectivity index (χ4v) is 2.31. The van der Waals surface area contributed by atoms with Gasteiger partial charge in [0.05, 0.1) is 19.8 Å². The van der Waals surface area contributed by atoms with Crippen molar-refractivity contribution in [1.82, 2.24) is 5.32 Å². The molecule has 0 atom stereocenters. The van der Waals surface area contributed by atoms with Crippen molar-refractivity contribution in [1.29, 1.82) is 0 Å². The maximum atomic E-state index is 12.0. The fraction of sp³-hybridized carbons (Fsp3) is 1.00. The number of ether oxygens (including phenoxy) is 2. The predicted octanol–water partition coefficient (Wildman–Crippen LogP) is 1.82. The number of alkyl halides is 3. The Morgan fingerprint density at radius 2 is 1.69 bits per heavy atom. The molecule has 1 aliphatic heterocycles. The van der Waals surface area contributed by atoms with Crippen molar-refractivity contribution in [3.05, 3.63) is 0 Å². The molecule has 2 aliphatic rings. The first-order valence-electron chi connectivity index (χ1n) is 5.57. The van der Waals surface area contributed by atoms with Crippen molar-refractivity contribution in [2.75, 3.05) is 19.8 Å². The van der Waals surface area contributed by atoms with Crippen LogP contribution >= 0.6 is 0 Å². The number of hydrogen-bond acceptors (Lipinski definition) is 3. The zero-order valence-electron chi connectivity index (χ0n) is 8.98. The second-order valence-corrected chi connectivity index (χ2v) is 4.38. The molecular weight excluding hydrogens is 223 g/mol. The van der Waals surface area contributed by atoms with Crippen LogP contribution < -0.4 is 5.32 Å². The molecule has 1 aliphatic carbocycles. The zero-order chi connectivity index (χ0) is 11.6. The third-order valence-electron chi connectivity index (χ3n) is 3.15. The Balaban J connectivity index is 1.73. The molecule has 2 rings (SSSR count). The minimum Gasteiger partial charge on any atom is -0.348 e. The molecule has 0 amide bonds. The molecule has 1 saturated heterocycles.